The van der Waals surface area contributed by atoms with Gasteiger partial charge in [0.1, 0.15) is 0 Å². The molecule has 0 bridgehead atoms. The number of nitrogens with zero attached hydrogens (tertiary/aromatic N) is 1. The van der Waals surface area contributed by atoms with E-state index in [9.17, 15) is 23.3 Å². The molecule has 0 aliphatic carbocycles. The second kappa shape index (κ2) is 5.82. The van der Waals surface area contributed by atoms with Gasteiger partial charge >= 0.3 is 5.97 Å². The van der Waals surface area contributed by atoms with Crippen molar-refractivity contribution < 1.29 is 23.2 Å². The molecule has 0 saturated carbocycles. The van der Waals surface area contributed by atoms with Crippen LogP contribution < -0.4 is 4.72 Å². The van der Waals surface area contributed by atoms with E-state index in [1.165, 1.54) is 36.4 Å². The number of nitrogens with one attached hydrogen (secondary N) is 1. The Morgan fingerprint density at radius 3 is 2.32 bits per heavy atom. The quantitative estimate of drug-likeness (QED) is 0.641. The smallest absolute Gasteiger partial charge is 0.337 e. The molecule has 2 aromatic carbocycles. The van der Waals surface area contributed by atoms with Crippen LogP contribution in [0.3, 0.4) is 0 Å². The number of nitro benzene ring substituents is 1. The fraction of sp³-hybridized carbons (Fsp3) is 0. The predicted molar refractivity (Wildman–Crippen MR) is 77.3 cm³/mol. The molecular formula is C13H10N2O6S. The highest BCUT2D eigenvalue weighted by Crippen LogP contribution is 2.26. The Balaban J connectivity index is 2.50. The maximum Gasteiger partial charge on any atom is 0.337 e. The van der Waals surface area contributed by atoms with Crippen LogP contribution in [0.25, 0.3) is 0 Å². The van der Waals surface area contributed by atoms with Crippen molar-refractivity contribution >= 4 is 27.4 Å². The number of hydrogen-bond acceptors (Lipinski definition) is 5. The van der Waals surface area contributed by atoms with Crippen LogP contribution in [0.2, 0.25) is 0 Å². The Bertz CT molecular complexity index is 847. The van der Waals surface area contributed by atoms with E-state index in [-0.39, 0.29) is 11.3 Å². The lowest BCUT2D eigenvalue weighted by Crippen LogP contribution is -2.16. The van der Waals surface area contributed by atoms with E-state index in [2.05, 4.69) is 4.72 Å². The Kier molecular flexibility index (Phi) is 4.08. The monoisotopic (exact) mass is 322 g/mol. The lowest BCUT2D eigenvalue weighted by molar-refractivity contribution is -0.387. The molecule has 2 rings (SSSR count). The van der Waals surface area contributed by atoms with Crippen LogP contribution in [0.4, 0.5) is 11.4 Å². The first-order chi connectivity index (χ1) is 10.3. The molecule has 2 N–H and O–H groups in total. The van der Waals surface area contributed by atoms with Gasteiger partial charge in [-0.05, 0) is 18.2 Å². The van der Waals surface area contributed by atoms with E-state index in [1.807, 2.05) is 0 Å². The summed E-state index contributed by atoms with van der Waals surface area (Å²) in [5.74, 6) is -1.32. The third kappa shape index (κ3) is 3.04. The zero-order chi connectivity index (χ0) is 16.3. The molecule has 0 atom stereocenters. The third-order valence-electron chi connectivity index (χ3n) is 2.75. The number of aromatic carboxylic acids is 1. The first-order valence-electron chi connectivity index (χ1n) is 5.91. The number of anilines is 1. The number of carboxylic acids is 1. The van der Waals surface area contributed by atoms with Gasteiger partial charge in [0.05, 0.1) is 16.2 Å². The molecule has 2 aromatic rings. The van der Waals surface area contributed by atoms with Crippen LogP contribution in [0.1, 0.15) is 10.4 Å². The van der Waals surface area contributed by atoms with Gasteiger partial charge in [0.2, 0.25) is 0 Å². The molecule has 9 heteroatoms. The molecule has 0 radical (unpaired) electrons. The van der Waals surface area contributed by atoms with Crippen molar-refractivity contribution in [3.05, 3.63) is 64.2 Å². The van der Waals surface area contributed by atoms with Gasteiger partial charge in [-0.2, -0.15) is 0 Å². The van der Waals surface area contributed by atoms with Crippen molar-refractivity contribution in [3.63, 3.8) is 0 Å². The van der Waals surface area contributed by atoms with Gasteiger partial charge in [-0.15, -0.1) is 0 Å². The average molecular weight is 322 g/mol. The van der Waals surface area contributed by atoms with Crippen LogP contribution in [-0.2, 0) is 10.0 Å². The molecule has 0 fully saturated rings. The van der Waals surface area contributed by atoms with Gasteiger partial charge in [-0.3, -0.25) is 14.8 Å². The van der Waals surface area contributed by atoms with Crippen molar-refractivity contribution in [3.8, 4) is 0 Å². The molecule has 0 heterocycles. The Labute approximate surface area is 125 Å². The van der Waals surface area contributed by atoms with E-state index in [1.54, 1.807) is 0 Å². The molecule has 0 aromatic heterocycles. The SMILES string of the molecule is O=C(O)c1ccccc1NS(=O)(=O)c1ccccc1[N+](=O)[O-]. The molecule has 0 unspecified atom stereocenters. The van der Waals surface area contributed by atoms with Gasteiger partial charge in [0.25, 0.3) is 15.7 Å². The Morgan fingerprint density at radius 1 is 1.09 bits per heavy atom. The number of hydrogen-bond donors (Lipinski definition) is 2. The molecule has 8 nitrogen and oxygen atoms in total. The minimum Gasteiger partial charge on any atom is -0.478 e. The normalized spacial score (nSPS) is 10.9. The number of sulfonamides is 1. The predicted octanol–water partition coefficient (Wildman–Crippen LogP) is 2.09. The minimum absolute atomic E-state index is 0.173. The van der Waals surface area contributed by atoms with Crippen molar-refractivity contribution in [1.82, 2.24) is 0 Å². The summed E-state index contributed by atoms with van der Waals surface area (Å²) in [5.41, 5.74) is -1.03. The third-order valence-corrected chi connectivity index (χ3v) is 4.17. The van der Waals surface area contributed by atoms with Crippen molar-refractivity contribution in [2.75, 3.05) is 4.72 Å². The van der Waals surface area contributed by atoms with Crippen LogP contribution in [0.15, 0.2) is 53.4 Å². The summed E-state index contributed by atoms with van der Waals surface area (Å²) in [7, 11) is -4.30. The average Bonchev–Trinajstić information content (AvgIpc) is 2.47. The van der Waals surface area contributed by atoms with E-state index >= 15 is 0 Å². The van der Waals surface area contributed by atoms with Gasteiger partial charge in [-0.1, -0.05) is 24.3 Å². The Hall–Kier alpha value is -2.94. The minimum atomic E-state index is -4.30. The Morgan fingerprint density at radius 2 is 1.68 bits per heavy atom. The highest BCUT2D eigenvalue weighted by molar-refractivity contribution is 7.92. The van der Waals surface area contributed by atoms with Crippen molar-refractivity contribution in [1.29, 1.82) is 0 Å². The summed E-state index contributed by atoms with van der Waals surface area (Å²) in [6.07, 6.45) is 0. The number of benzene rings is 2. The zero-order valence-electron chi connectivity index (χ0n) is 11.0. The van der Waals surface area contributed by atoms with Crippen LogP contribution in [0.5, 0.6) is 0 Å². The fourth-order valence-electron chi connectivity index (χ4n) is 1.79. The van der Waals surface area contributed by atoms with Crippen LogP contribution in [0, 0.1) is 10.1 Å². The molecule has 22 heavy (non-hydrogen) atoms. The number of carboxylic acid groups (broad SMARTS) is 1. The second-order valence-corrected chi connectivity index (χ2v) is 5.83. The molecule has 0 aliphatic rings. The molecule has 0 spiro atoms. The van der Waals surface area contributed by atoms with E-state index in [0.29, 0.717) is 0 Å². The lowest BCUT2D eigenvalue weighted by atomic mass is 10.2. The zero-order valence-corrected chi connectivity index (χ0v) is 11.8. The molecule has 114 valence electrons. The number of para-hydroxylation sites is 2. The topological polar surface area (TPSA) is 127 Å². The fourth-order valence-corrected chi connectivity index (χ4v) is 3.05. The first kappa shape index (κ1) is 15.4. The van der Waals surface area contributed by atoms with Gasteiger partial charge in [0.15, 0.2) is 4.90 Å². The maximum absolute atomic E-state index is 12.3. The lowest BCUT2D eigenvalue weighted by Gasteiger charge is -2.10. The van der Waals surface area contributed by atoms with Crippen LogP contribution in [-0.4, -0.2) is 24.4 Å². The van der Waals surface area contributed by atoms with Crippen molar-refractivity contribution in [2.24, 2.45) is 0 Å². The largest absolute Gasteiger partial charge is 0.478 e. The van der Waals surface area contributed by atoms with E-state index in [4.69, 9.17) is 5.11 Å². The highest BCUT2D eigenvalue weighted by Gasteiger charge is 2.26. The molecule has 0 saturated heterocycles. The summed E-state index contributed by atoms with van der Waals surface area (Å²) >= 11 is 0. The van der Waals surface area contributed by atoms with Gasteiger partial charge in [0, 0.05) is 6.07 Å². The first-order valence-corrected chi connectivity index (χ1v) is 7.40. The van der Waals surface area contributed by atoms with E-state index < -0.39 is 31.5 Å². The second-order valence-electron chi connectivity index (χ2n) is 4.18. The van der Waals surface area contributed by atoms with Gasteiger partial charge in [-0.25, -0.2) is 13.2 Å². The summed E-state index contributed by atoms with van der Waals surface area (Å²) in [5, 5.41) is 19.9. The molecule has 0 amide bonds. The summed E-state index contributed by atoms with van der Waals surface area (Å²) in [4.78, 5) is 20.6. The highest BCUT2D eigenvalue weighted by atomic mass is 32.2. The number of nitro groups is 1. The molecule has 0 aliphatic heterocycles. The summed E-state index contributed by atoms with van der Waals surface area (Å²) < 4.78 is 26.7. The number of carbonyl (C=O) groups is 1. The van der Waals surface area contributed by atoms with Crippen LogP contribution >= 0.6 is 0 Å². The maximum atomic E-state index is 12.3. The molecular weight excluding hydrogens is 312 g/mol. The van der Waals surface area contributed by atoms with Crippen molar-refractivity contribution in [2.45, 2.75) is 4.90 Å². The van der Waals surface area contributed by atoms with E-state index in [0.717, 1.165) is 12.1 Å². The summed E-state index contributed by atoms with van der Waals surface area (Å²) in [6.45, 7) is 0. The number of rotatable bonds is 5. The summed E-state index contributed by atoms with van der Waals surface area (Å²) in [6, 6.07) is 10.2. The standard InChI is InChI=1S/C13H10N2O6S/c16-13(17)9-5-1-2-6-10(9)14-22(20,21)12-8-4-3-7-11(12)15(18)19/h1-8,14H,(H,16,17). The van der Waals surface area contributed by atoms with Gasteiger partial charge < -0.3 is 5.11 Å².